The number of carbonyl (C=O) groups is 1. The number of piperidine rings is 1. The lowest BCUT2D eigenvalue weighted by molar-refractivity contribution is 0.0714. The van der Waals surface area contributed by atoms with Crippen LogP contribution in [-0.4, -0.2) is 29.9 Å². The van der Waals surface area contributed by atoms with Crippen LogP contribution in [-0.2, 0) is 0 Å². The maximum Gasteiger partial charge on any atom is 0.253 e. The topological polar surface area (TPSA) is 46.3 Å². The largest absolute Gasteiger partial charge is 0.339 e. The minimum atomic E-state index is 0.164. The Kier molecular flexibility index (Phi) is 4.59. The van der Waals surface area contributed by atoms with Crippen LogP contribution in [0.4, 0.5) is 0 Å². The summed E-state index contributed by atoms with van der Waals surface area (Å²) in [6.45, 7) is 1.59. The highest BCUT2D eigenvalue weighted by Gasteiger charge is 2.22. The number of rotatable bonds is 2. The monoisotopic (exact) mass is 286 g/mol. The van der Waals surface area contributed by atoms with E-state index in [2.05, 4.69) is 12.1 Å². The molecule has 0 atom stereocenters. The lowest BCUT2D eigenvalue weighted by atomic mass is 9.84. The van der Waals surface area contributed by atoms with Gasteiger partial charge in [0.2, 0.25) is 0 Å². The van der Waals surface area contributed by atoms with Gasteiger partial charge in [-0.25, -0.2) is 0 Å². The Balaban J connectivity index is 1.64. The third-order valence-electron chi connectivity index (χ3n) is 5.06. The van der Waals surface area contributed by atoms with Gasteiger partial charge < -0.3 is 10.6 Å². The molecule has 3 heteroatoms. The van der Waals surface area contributed by atoms with E-state index in [1.54, 1.807) is 0 Å². The van der Waals surface area contributed by atoms with Gasteiger partial charge in [-0.05, 0) is 49.3 Å². The summed E-state index contributed by atoms with van der Waals surface area (Å²) >= 11 is 0. The lowest BCUT2D eigenvalue weighted by Crippen LogP contribution is -2.42. The van der Waals surface area contributed by atoms with Crippen LogP contribution in [0.2, 0.25) is 0 Å². The molecule has 0 radical (unpaired) electrons. The van der Waals surface area contributed by atoms with Crippen molar-refractivity contribution in [1.29, 1.82) is 0 Å². The minimum absolute atomic E-state index is 0.164. The number of nitrogens with two attached hydrogens (primary N) is 1. The summed E-state index contributed by atoms with van der Waals surface area (Å²) in [5.74, 6) is 0.869. The maximum atomic E-state index is 12.5. The maximum absolute atomic E-state index is 12.5. The third-order valence-corrected chi connectivity index (χ3v) is 5.06. The van der Waals surface area contributed by atoms with Crippen LogP contribution in [0, 0.1) is 0 Å². The molecule has 0 unspecified atom stereocenters. The van der Waals surface area contributed by atoms with Crippen LogP contribution in [0.1, 0.15) is 66.8 Å². The van der Waals surface area contributed by atoms with E-state index < -0.39 is 0 Å². The standard InChI is InChI=1S/C18H26N2O/c19-17-10-12-20(13-11-17)18(21)16-8-6-15(7-9-16)14-4-2-1-3-5-14/h6-9,14,17H,1-5,10-13,19H2. The number of likely N-dealkylation sites (tertiary alicyclic amines) is 1. The Morgan fingerprint density at radius 1 is 0.952 bits per heavy atom. The van der Waals surface area contributed by atoms with E-state index in [0.717, 1.165) is 31.5 Å². The molecule has 2 aliphatic rings. The Bertz CT molecular complexity index is 468. The summed E-state index contributed by atoms with van der Waals surface area (Å²) < 4.78 is 0. The molecule has 3 rings (SSSR count). The van der Waals surface area contributed by atoms with Crippen molar-refractivity contribution in [3.63, 3.8) is 0 Å². The van der Waals surface area contributed by atoms with Crippen molar-refractivity contribution in [3.8, 4) is 0 Å². The van der Waals surface area contributed by atoms with Gasteiger partial charge in [0.1, 0.15) is 0 Å². The van der Waals surface area contributed by atoms with Crippen molar-refractivity contribution in [2.75, 3.05) is 13.1 Å². The van der Waals surface area contributed by atoms with Gasteiger partial charge in [0.25, 0.3) is 5.91 Å². The molecule has 0 bridgehead atoms. The molecule has 3 nitrogen and oxygen atoms in total. The molecule has 0 aromatic heterocycles. The van der Waals surface area contributed by atoms with Gasteiger partial charge in [0, 0.05) is 24.7 Å². The fourth-order valence-corrected chi connectivity index (χ4v) is 3.62. The van der Waals surface area contributed by atoms with E-state index in [0.29, 0.717) is 5.92 Å². The molecule has 2 N–H and O–H groups in total. The number of nitrogens with zero attached hydrogens (tertiary/aromatic N) is 1. The average molecular weight is 286 g/mol. The van der Waals surface area contributed by atoms with Crippen LogP contribution >= 0.6 is 0 Å². The summed E-state index contributed by atoms with van der Waals surface area (Å²) in [6.07, 6.45) is 8.52. The first-order chi connectivity index (χ1) is 10.2. The van der Waals surface area contributed by atoms with Crippen molar-refractivity contribution in [3.05, 3.63) is 35.4 Å². The number of hydrogen-bond donors (Lipinski definition) is 1. The smallest absolute Gasteiger partial charge is 0.253 e. The van der Waals surface area contributed by atoms with Crippen molar-refractivity contribution in [2.24, 2.45) is 5.73 Å². The SMILES string of the molecule is NC1CCN(C(=O)c2ccc(C3CCCCC3)cc2)CC1. The first kappa shape index (κ1) is 14.6. The first-order valence-corrected chi connectivity index (χ1v) is 8.39. The van der Waals surface area contributed by atoms with Gasteiger partial charge in [-0.1, -0.05) is 31.4 Å². The second kappa shape index (κ2) is 6.61. The van der Waals surface area contributed by atoms with Crippen LogP contribution in [0.25, 0.3) is 0 Å². The number of carbonyl (C=O) groups excluding carboxylic acids is 1. The van der Waals surface area contributed by atoms with E-state index in [9.17, 15) is 4.79 Å². The van der Waals surface area contributed by atoms with Crippen LogP contribution in [0.15, 0.2) is 24.3 Å². The predicted molar refractivity (Wildman–Crippen MR) is 85.4 cm³/mol. The van der Waals surface area contributed by atoms with E-state index in [1.807, 2.05) is 17.0 Å². The van der Waals surface area contributed by atoms with E-state index >= 15 is 0 Å². The van der Waals surface area contributed by atoms with Gasteiger partial charge in [-0.3, -0.25) is 4.79 Å². The second-order valence-electron chi connectivity index (χ2n) is 6.59. The first-order valence-electron chi connectivity index (χ1n) is 8.39. The number of amides is 1. The van der Waals surface area contributed by atoms with E-state index in [4.69, 9.17) is 5.73 Å². The number of hydrogen-bond acceptors (Lipinski definition) is 2. The van der Waals surface area contributed by atoms with Crippen LogP contribution in [0.5, 0.6) is 0 Å². The predicted octanol–water partition coefficient (Wildman–Crippen LogP) is 3.30. The van der Waals surface area contributed by atoms with E-state index in [1.165, 1.54) is 37.7 Å². The Morgan fingerprint density at radius 3 is 2.19 bits per heavy atom. The summed E-state index contributed by atoms with van der Waals surface area (Å²) in [7, 11) is 0. The molecule has 1 aromatic carbocycles. The van der Waals surface area contributed by atoms with Gasteiger partial charge in [-0.2, -0.15) is 0 Å². The van der Waals surface area contributed by atoms with Gasteiger partial charge >= 0.3 is 0 Å². The third kappa shape index (κ3) is 3.46. The summed E-state index contributed by atoms with van der Waals surface area (Å²) in [5.41, 5.74) is 8.13. The molecule has 2 fully saturated rings. The Hall–Kier alpha value is -1.35. The second-order valence-corrected chi connectivity index (χ2v) is 6.59. The average Bonchev–Trinajstić information content (AvgIpc) is 2.56. The van der Waals surface area contributed by atoms with Crippen molar-refractivity contribution in [2.45, 2.75) is 56.9 Å². The Morgan fingerprint density at radius 2 is 1.57 bits per heavy atom. The highest BCUT2D eigenvalue weighted by atomic mass is 16.2. The fraction of sp³-hybridized carbons (Fsp3) is 0.611. The summed E-state index contributed by atoms with van der Waals surface area (Å²) in [4.78, 5) is 14.4. The molecule has 1 aliphatic carbocycles. The molecule has 1 aliphatic heterocycles. The molecular formula is C18H26N2O. The fourth-order valence-electron chi connectivity index (χ4n) is 3.62. The zero-order chi connectivity index (χ0) is 14.7. The molecule has 1 saturated carbocycles. The van der Waals surface area contributed by atoms with Crippen molar-refractivity contribution in [1.82, 2.24) is 4.90 Å². The van der Waals surface area contributed by atoms with Gasteiger partial charge in [0.05, 0.1) is 0 Å². The molecular weight excluding hydrogens is 260 g/mol. The normalized spacial score (nSPS) is 21.5. The zero-order valence-electron chi connectivity index (χ0n) is 12.8. The van der Waals surface area contributed by atoms with Crippen LogP contribution < -0.4 is 5.73 Å². The van der Waals surface area contributed by atoms with Gasteiger partial charge in [0.15, 0.2) is 0 Å². The molecule has 1 heterocycles. The summed E-state index contributed by atoms with van der Waals surface area (Å²) in [5, 5.41) is 0. The molecule has 1 amide bonds. The number of benzene rings is 1. The molecule has 114 valence electrons. The highest BCUT2D eigenvalue weighted by molar-refractivity contribution is 5.94. The quantitative estimate of drug-likeness (QED) is 0.906. The van der Waals surface area contributed by atoms with Crippen LogP contribution in [0.3, 0.4) is 0 Å². The highest BCUT2D eigenvalue weighted by Crippen LogP contribution is 2.32. The molecule has 1 aromatic rings. The zero-order valence-corrected chi connectivity index (χ0v) is 12.8. The van der Waals surface area contributed by atoms with Crippen molar-refractivity contribution >= 4 is 5.91 Å². The Labute approximate surface area is 127 Å². The van der Waals surface area contributed by atoms with E-state index in [-0.39, 0.29) is 11.9 Å². The molecule has 0 spiro atoms. The molecule has 21 heavy (non-hydrogen) atoms. The summed E-state index contributed by atoms with van der Waals surface area (Å²) in [6, 6.07) is 8.63. The lowest BCUT2D eigenvalue weighted by Gasteiger charge is -2.30. The van der Waals surface area contributed by atoms with Crippen molar-refractivity contribution < 1.29 is 4.79 Å². The molecule has 1 saturated heterocycles. The minimum Gasteiger partial charge on any atom is -0.339 e. The van der Waals surface area contributed by atoms with Gasteiger partial charge in [-0.15, -0.1) is 0 Å².